The maximum atomic E-state index is 4.92. The fraction of sp³-hybridized carbons (Fsp3) is 0.333. The van der Waals surface area contributed by atoms with Gasteiger partial charge in [-0.05, 0) is 12.6 Å². The van der Waals surface area contributed by atoms with E-state index in [-0.39, 0.29) is 16.8 Å². The van der Waals surface area contributed by atoms with E-state index in [2.05, 4.69) is 6.58 Å². The second-order valence-electron chi connectivity index (χ2n) is 0.846. The molecule has 33 valence electrons. The van der Waals surface area contributed by atoms with Gasteiger partial charge in [0.1, 0.15) is 0 Å². The van der Waals surface area contributed by atoms with Crippen molar-refractivity contribution in [1.29, 1.82) is 0 Å². The van der Waals surface area contributed by atoms with Crippen molar-refractivity contribution >= 4 is 0 Å². The van der Waals surface area contributed by atoms with Gasteiger partial charge in [-0.1, -0.05) is 6.58 Å². The summed E-state index contributed by atoms with van der Waals surface area (Å²) in [6.45, 7) is 5.08. The van der Waals surface area contributed by atoms with Gasteiger partial charge in [0.15, 0.2) is 0 Å². The Morgan fingerprint density at radius 1 is 1.80 bits per heavy atom. The largest absolute Gasteiger partial charge is 0.403 e. The van der Waals surface area contributed by atoms with Crippen molar-refractivity contribution in [2.75, 3.05) is 0 Å². The van der Waals surface area contributed by atoms with Crippen LogP contribution < -0.4 is 5.73 Å². The molecule has 0 amide bonds. The molecule has 0 fully saturated rings. The van der Waals surface area contributed by atoms with Crippen LogP contribution in [0.25, 0.3) is 0 Å². The summed E-state index contributed by atoms with van der Waals surface area (Å²) in [5.41, 5.74) is 5.58. The number of hydrogen-bond acceptors (Lipinski definition) is 1. The molecule has 1 radical (unpaired) electrons. The monoisotopic (exact) mass is 116 g/mol. The van der Waals surface area contributed by atoms with Crippen LogP contribution in [0.5, 0.6) is 0 Å². The number of rotatable bonds is 0. The zero-order chi connectivity index (χ0) is 3.58. The second kappa shape index (κ2) is 4.05. The average Bonchev–Trinajstić information content (AvgIpc) is 0.811. The van der Waals surface area contributed by atoms with Crippen LogP contribution in [-0.2, 0) is 16.8 Å². The Balaban J connectivity index is 0. The van der Waals surface area contributed by atoms with Crippen LogP contribution in [0.2, 0.25) is 0 Å². The van der Waals surface area contributed by atoms with Crippen molar-refractivity contribution in [3.8, 4) is 0 Å². The molecular formula is C3H7CoN. The number of hydrogen-bond donors (Lipinski definition) is 1. The molecule has 0 aliphatic carbocycles. The minimum atomic E-state index is 0. The Labute approximate surface area is 42.4 Å². The van der Waals surface area contributed by atoms with Crippen LogP contribution >= 0.6 is 0 Å². The zero-order valence-electron chi connectivity index (χ0n) is 3.12. The molecule has 1 nitrogen and oxygen atoms in total. The van der Waals surface area contributed by atoms with Gasteiger partial charge in [0.05, 0.1) is 0 Å². The fourth-order valence-electron chi connectivity index (χ4n) is 0. The molecule has 0 spiro atoms. The number of allylic oxidation sites excluding steroid dienone is 1. The molecule has 2 heteroatoms. The quantitative estimate of drug-likeness (QED) is 0.489. The van der Waals surface area contributed by atoms with E-state index in [1.165, 1.54) is 0 Å². The zero-order valence-corrected chi connectivity index (χ0v) is 4.16. The molecule has 2 N–H and O–H groups in total. The molecule has 0 aromatic carbocycles. The molecule has 0 aliphatic heterocycles. The molecule has 0 unspecified atom stereocenters. The van der Waals surface area contributed by atoms with Gasteiger partial charge >= 0.3 is 0 Å². The topological polar surface area (TPSA) is 26.0 Å². The number of nitrogens with two attached hydrogens (primary N) is 1. The van der Waals surface area contributed by atoms with E-state index in [1.807, 2.05) is 0 Å². The van der Waals surface area contributed by atoms with E-state index in [0.717, 1.165) is 0 Å². The Morgan fingerprint density at radius 3 is 1.80 bits per heavy atom. The fourth-order valence-corrected chi connectivity index (χ4v) is 0. The molecule has 0 rings (SSSR count). The van der Waals surface area contributed by atoms with Gasteiger partial charge in [-0.3, -0.25) is 0 Å². The summed E-state index contributed by atoms with van der Waals surface area (Å²) in [6.07, 6.45) is 0. The first kappa shape index (κ1) is 8.90. The first-order valence-corrected chi connectivity index (χ1v) is 1.14. The summed E-state index contributed by atoms with van der Waals surface area (Å²) >= 11 is 0. The maximum absolute atomic E-state index is 4.92. The van der Waals surface area contributed by atoms with Crippen molar-refractivity contribution in [3.63, 3.8) is 0 Å². The van der Waals surface area contributed by atoms with Gasteiger partial charge in [0, 0.05) is 16.8 Å². The van der Waals surface area contributed by atoms with Crippen molar-refractivity contribution in [2.24, 2.45) is 5.73 Å². The Bertz CT molecular complexity index is 29.9. The third-order valence-corrected chi connectivity index (χ3v) is 0. The summed E-state index contributed by atoms with van der Waals surface area (Å²) in [4.78, 5) is 0. The molecule has 0 saturated carbocycles. The van der Waals surface area contributed by atoms with Crippen LogP contribution in [-0.4, -0.2) is 0 Å². The van der Waals surface area contributed by atoms with Gasteiger partial charge in [-0.25, -0.2) is 0 Å². The van der Waals surface area contributed by atoms with Crippen LogP contribution in [0.15, 0.2) is 12.3 Å². The molecule has 0 aromatic rings. The minimum Gasteiger partial charge on any atom is -0.403 e. The third kappa shape index (κ3) is 7840. The molecular weight excluding hydrogens is 109 g/mol. The summed E-state index contributed by atoms with van der Waals surface area (Å²) in [6, 6.07) is 0. The Morgan fingerprint density at radius 2 is 1.80 bits per heavy atom. The summed E-state index contributed by atoms with van der Waals surface area (Å²) in [5, 5.41) is 0. The summed E-state index contributed by atoms with van der Waals surface area (Å²) < 4.78 is 0. The van der Waals surface area contributed by atoms with Crippen LogP contribution in [0.3, 0.4) is 0 Å². The molecule has 0 saturated heterocycles. The van der Waals surface area contributed by atoms with E-state index in [1.54, 1.807) is 6.92 Å². The predicted octanol–water partition coefficient (Wildman–Crippen LogP) is 0.476. The molecule has 0 atom stereocenters. The summed E-state index contributed by atoms with van der Waals surface area (Å²) in [7, 11) is 0. The van der Waals surface area contributed by atoms with E-state index in [0.29, 0.717) is 5.70 Å². The van der Waals surface area contributed by atoms with Gasteiger partial charge < -0.3 is 5.73 Å². The molecule has 0 bridgehead atoms. The molecule has 5 heavy (non-hydrogen) atoms. The summed E-state index contributed by atoms with van der Waals surface area (Å²) in [5.74, 6) is 0. The smallest absolute Gasteiger partial charge is 0 e. The van der Waals surface area contributed by atoms with E-state index in [4.69, 9.17) is 5.73 Å². The van der Waals surface area contributed by atoms with E-state index < -0.39 is 0 Å². The Kier molecular flexibility index (Phi) is 7.21. The van der Waals surface area contributed by atoms with Crippen molar-refractivity contribution in [3.05, 3.63) is 12.3 Å². The molecule has 0 aliphatic rings. The van der Waals surface area contributed by atoms with Gasteiger partial charge in [0.2, 0.25) is 0 Å². The minimum absolute atomic E-state index is 0. The second-order valence-corrected chi connectivity index (χ2v) is 0.846. The van der Waals surface area contributed by atoms with Crippen molar-refractivity contribution in [1.82, 2.24) is 0 Å². The average molecular weight is 116 g/mol. The van der Waals surface area contributed by atoms with Crippen LogP contribution in [0, 0.1) is 0 Å². The first-order valence-electron chi connectivity index (χ1n) is 1.14. The van der Waals surface area contributed by atoms with Gasteiger partial charge in [-0.15, -0.1) is 0 Å². The normalized spacial score (nSPS) is 5.00. The van der Waals surface area contributed by atoms with Crippen LogP contribution in [0.4, 0.5) is 0 Å². The SMILES string of the molecule is C=C(C)N.[Co]. The molecule has 0 heterocycles. The molecule has 0 aromatic heterocycles. The predicted molar refractivity (Wildman–Crippen MR) is 19.0 cm³/mol. The first-order chi connectivity index (χ1) is 1.73. The third-order valence-electron chi connectivity index (χ3n) is 0. The van der Waals surface area contributed by atoms with Gasteiger partial charge in [-0.2, -0.15) is 0 Å². The maximum Gasteiger partial charge on any atom is 0 e. The Hall–Kier alpha value is 0.0465. The van der Waals surface area contributed by atoms with E-state index >= 15 is 0 Å². The van der Waals surface area contributed by atoms with Crippen LogP contribution in [0.1, 0.15) is 6.92 Å². The van der Waals surface area contributed by atoms with Crippen molar-refractivity contribution < 1.29 is 16.8 Å². The van der Waals surface area contributed by atoms with Gasteiger partial charge in [0.25, 0.3) is 0 Å². The van der Waals surface area contributed by atoms with E-state index in [9.17, 15) is 0 Å². The standard InChI is InChI=1S/C3H7N.Co/c1-3(2)4;/h1,4H2,2H3;. The van der Waals surface area contributed by atoms with Crippen molar-refractivity contribution in [2.45, 2.75) is 6.92 Å².